The molecule has 0 aromatic heterocycles. The van der Waals surface area contributed by atoms with E-state index >= 15 is 0 Å². The maximum absolute atomic E-state index is 13.0. The van der Waals surface area contributed by atoms with Crippen LogP contribution in [0.4, 0.5) is 18.9 Å². The van der Waals surface area contributed by atoms with Crippen molar-refractivity contribution in [3.63, 3.8) is 0 Å². The molecule has 0 aliphatic heterocycles. The SMILES string of the molecule is COc1ccc(/C=N/Nc2ccccc2C(F)(F)F)c(OC)c1OC. The third-order valence-electron chi connectivity index (χ3n) is 3.36. The van der Waals surface area contributed by atoms with E-state index in [0.29, 0.717) is 22.8 Å². The second kappa shape index (κ2) is 7.78. The number of nitrogens with zero attached hydrogens (tertiary/aromatic N) is 1. The van der Waals surface area contributed by atoms with E-state index in [9.17, 15) is 13.2 Å². The molecule has 1 N–H and O–H groups in total. The van der Waals surface area contributed by atoms with E-state index in [-0.39, 0.29) is 5.69 Å². The fraction of sp³-hybridized carbons (Fsp3) is 0.235. The van der Waals surface area contributed by atoms with Crippen molar-refractivity contribution in [2.75, 3.05) is 26.8 Å². The lowest BCUT2D eigenvalue weighted by Gasteiger charge is -2.14. The van der Waals surface area contributed by atoms with Gasteiger partial charge in [0.15, 0.2) is 11.5 Å². The maximum atomic E-state index is 13.0. The van der Waals surface area contributed by atoms with Crippen LogP contribution in [0, 0.1) is 0 Å². The number of rotatable bonds is 6. The molecular formula is C17H17F3N2O3. The minimum absolute atomic E-state index is 0.148. The van der Waals surface area contributed by atoms with E-state index in [4.69, 9.17) is 14.2 Å². The highest BCUT2D eigenvalue weighted by molar-refractivity contribution is 5.86. The molecule has 0 fully saturated rings. The lowest BCUT2D eigenvalue weighted by atomic mass is 10.2. The minimum atomic E-state index is -4.47. The van der Waals surface area contributed by atoms with Crippen LogP contribution in [-0.4, -0.2) is 27.5 Å². The average molecular weight is 354 g/mol. The molecule has 0 radical (unpaired) electrons. The summed E-state index contributed by atoms with van der Waals surface area (Å²) >= 11 is 0. The number of alkyl halides is 3. The largest absolute Gasteiger partial charge is 0.493 e. The highest BCUT2D eigenvalue weighted by atomic mass is 19.4. The van der Waals surface area contributed by atoms with Crippen molar-refractivity contribution < 1.29 is 27.4 Å². The third-order valence-corrected chi connectivity index (χ3v) is 3.36. The van der Waals surface area contributed by atoms with Crippen molar-refractivity contribution in [1.82, 2.24) is 0 Å². The molecule has 0 saturated carbocycles. The fourth-order valence-electron chi connectivity index (χ4n) is 2.23. The summed E-state index contributed by atoms with van der Waals surface area (Å²) in [5.74, 6) is 1.19. The molecule has 2 aromatic rings. The first-order chi connectivity index (χ1) is 11.9. The van der Waals surface area contributed by atoms with Gasteiger partial charge in [-0.2, -0.15) is 18.3 Å². The van der Waals surface area contributed by atoms with Crippen molar-refractivity contribution in [2.45, 2.75) is 6.18 Å². The first-order valence-corrected chi connectivity index (χ1v) is 7.16. The molecule has 8 heteroatoms. The second-order valence-electron chi connectivity index (χ2n) is 4.84. The summed E-state index contributed by atoms with van der Waals surface area (Å²) < 4.78 is 54.6. The molecule has 2 aromatic carbocycles. The number of para-hydroxylation sites is 1. The second-order valence-corrected chi connectivity index (χ2v) is 4.84. The molecule has 5 nitrogen and oxygen atoms in total. The average Bonchev–Trinajstić information content (AvgIpc) is 2.60. The molecule has 0 saturated heterocycles. The van der Waals surface area contributed by atoms with Gasteiger partial charge in [-0.25, -0.2) is 0 Å². The molecule has 0 spiro atoms. The Balaban J connectivity index is 2.30. The molecule has 0 atom stereocenters. The van der Waals surface area contributed by atoms with Crippen LogP contribution in [0.5, 0.6) is 17.2 Å². The highest BCUT2D eigenvalue weighted by Crippen LogP contribution is 2.39. The van der Waals surface area contributed by atoms with E-state index in [2.05, 4.69) is 10.5 Å². The summed E-state index contributed by atoms with van der Waals surface area (Å²) in [5, 5.41) is 3.87. The number of ether oxygens (including phenoxy) is 3. The summed E-state index contributed by atoms with van der Waals surface area (Å²) in [4.78, 5) is 0. The topological polar surface area (TPSA) is 52.1 Å². The first-order valence-electron chi connectivity index (χ1n) is 7.16. The van der Waals surface area contributed by atoms with Gasteiger partial charge in [0.25, 0.3) is 0 Å². The molecule has 2 rings (SSSR count). The predicted molar refractivity (Wildman–Crippen MR) is 88.8 cm³/mol. The smallest absolute Gasteiger partial charge is 0.418 e. The van der Waals surface area contributed by atoms with Crippen LogP contribution in [-0.2, 0) is 6.18 Å². The molecule has 0 unspecified atom stereocenters. The van der Waals surface area contributed by atoms with Crippen LogP contribution in [0.25, 0.3) is 0 Å². The van der Waals surface area contributed by atoms with E-state index in [1.165, 1.54) is 45.7 Å². The van der Waals surface area contributed by atoms with Gasteiger partial charge in [0, 0.05) is 5.56 Å². The number of anilines is 1. The molecule has 134 valence electrons. The number of benzene rings is 2. The van der Waals surface area contributed by atoms with Crippen molar-refractivity contribution in [3.8, 4) is 17.2 Å². The Morgan fingerprint density at radius 2 is 1.60 bits per heavy atom. The van der Waals surface area contributed by atoms with Gasteiger partial charge in [0.1, 0.15) is 0 Å². The fourth-order valence-corrected chi connectivity index (χ4v) is 2.23. The van der Waals surface area contributed by atoms with E-state index in [1.807, 2.05) is 0 Å². The van der Waals surface area contributed by atoms with Crippen LogP contribution in [0.15, 0.2) is 41.5 Å². The Hall–Kier alpha value is -2.90. The standard InChI is InChI=1S/C17H17F3N2O3/c1-23-14-9-8-11(15(24-2)16(14)25-3)10-21-22-13-7-5-4-6-12(13)17(18,19)20/h4-10,22H,1-3H3/b21-10+. The zero-order valence-electron chi connectivity index (χ0n) is 13.8. The first kappa shape index (κ1) is 18.4. The third kappa shape index (κ3) is 4.14. The van der Waals surface area contributed by atoms with Crippen LogP contribution >= 0.6 is 0 Å². The Kier molecular flexibility index (Phi) is 5.74. The van der Waals surface area contributed by atoms with Crippen molar-refractivity contribution in [1.29, 1.82) is 0 Å². The van der Waals surface area contributed by atoms with Crippen molar-refractivity contribution in [3.05, 3.63) is 47.5 Å². The van der Waals surface area contributed by atoms with E-state index in [1.54, 1.807) is 12.1 Å². The molecule has 25 heavy (non-hydrogen) atoms. The molecule has 0 bridgehead atoms. The maximum Gasteiger partial charge on any atom is 0.418 e. The Labute approximate surface area is 143 Å². The van der Waals surface area contributed by atoms with Gasteiger partial charge < -0.3 is 14.2 Å². The van der Waals surface area contributed by atoms with E-state index < -0.39 is 11.7 Å². The van der Waals surface area contributed by atoms with Crippen LogP contribution in [0.2, 0.25) is 0 Å². The predicted octanol–water partition coefficient (Wildman–Crippen LogP) is 4.18. The zero-order valence-corrected chi connectivity index (χ0v) is 13.8. The number of nitrogens with one attached hydrogen (secondary N) is 1. The minimum Gasteiger partial charge on any atom is -0.493 e. The number of hydrazone groups is 1. The normalized spacial score (nSPS) is 11.4. The summed E-state index contributed by atoms with van der Waals surface area (Å²) in [6.45, 7) is 0. The van der Waals surface area contributed by atoms with Gasteiger partial charge in [0.2, 0.25) is 5.75 Å². The summed E-state index contributed by atoms with van der Waals surface area (Å²) in [6, 6.07) is 8.38. The molecule has 0 aliphatic rings. The highest BCUT2D eigenvalue weighted by Gasteiger charge is 2.33. The summed E-state index contributed by atoms with van der Waals surface area (Å²) in [7, 11) is 4.39. The molecular weight excluding hydrogens is 337 g/mol. The summed E-state index contributed by atoms with van der Waals surface area (Å²) in [6.07, 6.45) is -3.13. The monoisotopic (exact) mass is 354 g/mol. The van der Waals surface area contributed by atoms with Crippen molar-refractivity contribution in [2.24, 2.45) is 5.10 Å². The molecule has 0 heterocycles. The Bertz CT molecular complexity index is 761. The number of halogens is 3. The molecule has 0 aliphatic carbocycles. The number of methoxy groups -OCH3 is 3. The van der Waals surface area contributed by atoms with Gasteiger partial charge in [-0.15, -0.1) is 0 Å². The number of hydrogen-bond acceptors (Lipinski definition) is 5. The Morgan fingerprint density at radius 3 is 2.20 bits per heavy atom. The van der Waals surface area contributed by atoms with E-state index in [0.717, 1.165) is 6.07 Å². The van der Waals surface area contributed by atoms with Gasteiger partial charge in [-0.3, -0.25) is 5.43 Å². The number of hydrogen-bond donors (Lipinski definition) is 1. The Morgan fingerprint density at radius 1 is 0.920 bits per heavy atom. The summed E-state index contributed by atoms with van der Waals surface area (Å²) in [5.41, 5.74) is 1.97. The quantitative estimate of drug-likeness (QED) is 0.625. The molecule has 0 amide bonds. The van der Waals surface area contributed by atoms with Gasteiger partial charge in [-0.1, -0.05) is 12.1 Å². The lowest BCUT2D eigenvalue weighted by Crippen LogP contribution is -2.08. The van der Waals surface area contributed by atoms with Crippen LogP contribution in [0.3, 0.4) is 0 Å². The van der Waals surface area contributed by atoms with Crippen molar-refractivity contribution >= 4 is 11.9 Å². The van der Waals surface area contributed by atoms with Gasteiger partial charge >= 0.3 is 6.18 Å². The zero-order chi connectivity index (χ0) is 18.4. The van der Waals surface area contributed by atoms with Gasteiger partial charge in [0.05, 0.1) is 38.8 Å². The van der Waals surface area contributed by atoms with Gasteiger partial charge in [-0.05, 0) is 24.3 Å². The van der Waals surface area contributed by atoms with Crippen LogP contribution in [0.1, 0.15) is 11.1 Å². The van der Waals surface area contributed by atoms with Crippen LogP contribution < -0.4 is 19.6 Å². The lowest BCUT2D eigenvalue weighted by molar-refractivity contribution is -0.136.